The molecular formula is C21H21BrN2O4S2. The predicted octanol–water partition coefficient (Wildman–Crippen LogP) is 4.43. The number of nitrogens with zero attached hydrogens (tertiary/aromatic N) is 2. The van der Waals surface area contributed by atoms with Crippen LogP contribution in [0, 0.1) is 0 Å². The summed E-state index contributed by atoms with van der Waals surface area (Å²) < 4.78 is 32.8. The summed E-state index contributed by atoms with van der Waals surface area (Å²) in [6, 6.07) is 14.0. The molecular weight excluding hydrogens is 488 g/mol. The molecule has 1 aromatic heterocycles. The van der Waals surface area contributed by atoms with Crippen molar-refractivity contribution < 1.29 is 17.9 Å². The fraction of sp³-hybridized carbons (Fsp3) is 0.333. The van der Waals surface area contributed by atoms with Gasteiger partial charge in [0.15, 0.2) is 15.0 Å². The number of ether oxygens (including phenoxy) is 1. The summed E-state index contributed by atoms with van der Waals surface area (Å²) in [5.41, 5.74) is 0.806. The number of carbonyl (C=O) groups excluding carboxylic acids is 1. The second-order valence-corrected chi connectivity index (χ2v) is 11.2. The molecule has 1 saturated heterocycles. The minimum absolute atomic E-state index is 0.0570. The number of fused-ring (bicyclic) bond motifs is 1. The normalized spacial score (nSPS) is 16.8. The number of halogens is 1. The quantitative estimate of drug-likeness (QED) is 0.471. The van der Waals surface area contributed by atoms with E-state index in [9.17, 15) is 13.2 Å². The fourth-order valence-corrected chi connectivity index (χ4v) is 6.18. The monoisotopic (exact) mass is 508 g/mol. The van der Waals surface area contributed by atoms with Crippen LogP contribution in [0.15, 0.2) is 57.9 Å². The molecule has 6 nitrogen and oxygen atoms in total. The molecule has 1 unspecified atom stereocenters. The summed E-state index contributed by atoms with van der Waals surface area (Å²) in [5.74, 6) is -0.503. The number of sulfone groups is 1. The summed E-state index contributed by atoms with van der Waals surface area (Å²) in [4.78, 5) is 19.6. The van der Waals surface area contributed by atoms with E-state index >= 15 is 0 Å². The van der Waals surface area contributed by atoms with Crippen LogP contribution in [0.2, 0.25) is 0 Å². The van der Waals surface area contributed by atoms with Crippen molar-refractivity contribution in [3.8, 4) is 0 Å². The van der Waals surface area contributed by atoms with E-state index in [4.69, 9.17) is 4.74 Å². The Morgan fingerprint density at radius 3 is 2.77 bits per heavy atom. The van der Waals surface area contributed by atoms with E-state index in [0.717, 1.165) is 27.5 Å². The van der Waals surface area contributed by atoms with Crippen molar-refractivity contribution in [3.05, 3.63) is 53.0 Å². The number of anilines is 1. The van der Waals surface area contributed by atoms with E-state index in [1.54, 1.807) is 35.2 Å². The first-order chi connectivity index (χ1) is 14.4. The average Bonchev–Trinajstić information content (AvgIpc) is 3.40. The van der Waals surface area contributed by atoms with Crippen molar-refractivity contribution in [2.24, 2.45) is 0 Å². The number of rotatable bonds is 7. The summed E-state index contributed by atoms with van der Waals surface area (Å²) in [5, 5.41) is 0.570. The molecule has 0 radical (unpaired) electrons. The highest BCUT2D eigenvalue weighted by molar-refractivity contribution is 9.10. The standard InChI is InChI=1S/C21H21BrN2O4S2/c22-15-8-9-18-19(13-15)29-21(23-18)24(14-16-5-4-11-28-16)20(25)10-12-30(26,27)17-6-2-1-3-7-17/h1-3,6-9,13,16H,4-5,10-12,14H2. The van der Waals surface area contributed by atoms with Crippen LogP contribution in [0.25, 0.3) is 10.2 Å². The Labute approximate surface area is 187 Å². The molecule has 9 heteroatoms. The van der Waals surface area contributed by atoms with Crippen molar-refractivity contribution in [1.29, 1.82) is 0 Å². The number of hydrogen-bond donors (Lipinski definition) is 0. The highest BCUT2D eigenvalue weighted by Crippen LogP contribution is 2.32. The molecule has 0 saturated carbocycles. The lowest BCUT2D eigenvalue weighted by Crippen LogP contribution is -2.38. The molecule has 0 aliphatic carbocycles. The van der Waals surface area contributed by atoms with Gasteiger partial charge in [-0.05, 0) is 43.2 Å². The van der Waals surface area contributed by atoms with Gasteiger partial charge >= 0.3 is 0 Å². The Kier molecular flexibility index (Phi) is 6.52. The van der Waals surface area contributed by atoms with Crippen molar-refractivity contribution in [3.63, 3.8) is 0 Å². The minimum atomic E-state index is -3.53. The van der Waals surface area contributed by atoms with Gasteiger partial charge in [0.25, 0.3) is 0 Å². The summed E-state index contributed by atoms with van der Waals surface area (Å²) in [6.07, 6.45) is 1.67. The molecule has 1 fully saturated rings. The lowest BCUT2D eigenvalue weighted by atomic mass is 10.2. The number of hydrogen-bond acceptors (Lipinski definition) is 6. The summed E-state index contributed by atoms with van der Waals surface area (Å²) in [6.45, 7) is 1.06. The molecule has 4 rings (SSSR count). The molecule has 1 aliphatic rings. The molecule has 1 amide bonds. The third-order valence-corrected chi connectivity index (χ3v) is 8.23. The van der Waals surface area contributed by atoms with Crippen molar-refractivity contribution in [2.45, 2.75) is 30.3 Å². The molecule has 3 aromatic rings. The molecule has 1 atom stereocenters. The first kappa shape index (κ1) is 21.4. The largest absolute Gasteiger partial charge is 0.376 e. The van der Waals surface area contributed by atoms with E-state index in [-0.39, 0.29) is 29.1 Å². The Morgan fingerprint density at radius 2 is 2.03 bits per heavy atom. The van der Waals surface area contributed by atoms with Crippen molar-refractivity contribution in [2.75, 3.05) is 23.8 Å². The molecule has 0 N–H and O–H groups in total. The zero-order valence-electron chi connectivity index (χ0n) is 16.2. The van der Waals surface area contributed by atoms with Gasteiger partial charge in [-0.1, -0.05) is 45.5 Å². The van der Waals surface area contributed by atoms with Gasteiger partial charge in [-0.2, -0.15) is 0 Å². The Balaban J connectivity index is 1.56. The highest BCUT2D eigenvalue weighted by Gasteiger charge is 2.27. The second kappa shape index (κ2) is 9.13. The van der Waals surface area contributed by atoms with Crippen LogP contribution < -0.4 is 4.90 Å². The van der Waals surface area contributed by atoms with E-state index in [0.29, 0.717) is 18.3 Å². The molecule has 158 valence electrons. The number of thiazole rings is 1. The SMILES string of the molecule is O=C(CCS(=O)(=O)c1ccccc1)N(CC1CCCO1)c1nc2ccc(Br)cc2s1. The molecule has 0 bridgehead atoms. The van der Waals surface area contributed by atoms with Crippen LogP contribution in [-0.2, 0) is 19.4 Å². The van der Waals surface area contributed by atoms with Gasteiger partial charge in [0.1, 0.15) is 0 Å². The zero-order chi connectivity index (χ0) is 21.1. The van der Waals surface area contributed by atoms with Gasteiger partial charge in [-0.15, -0.1) is 0 Å². The fourth-order valence-electron chi connectivity index (χ4n) is 3.38. The lowest BCUT2D eigenvalue weighted by molar-refractivity contribution is -0.118. The van der Waals surface area contributed by atoms with Crippen LogP contribution in [0.4, 0.5) is 5.13 Å². The maximum absolute atomic E-state index is 13.1. The Hall–Kier alpha value is -1.81. The lowest BCUT2D eigenvalue weighted by Gasteiger charge is -2.23. The van der Waals surface area contributed by atoms with Gasteiger partial charge < -0.3 is 4.74 Å². The van der Waals surface area contributed by atoms with Crippen molar-refractivity contribution >= 4 is 58.4 Å². The smallest absolute Gasteiger partial charge is 0.229 e. The number of carbonyl (C=O) groups is 1. The molecule has 1 aliphatic heterocycles. The van der Waals surface area contributed by atoms with E-state index in [2.05, 4.69) is 20.9 Å². The van der Waals surface area contributed by atoms with Gasteiger partial charge in [0.05, 0.1) is 33.5 Å². The first-order valence-electron chi connectivity index (χ1n) is 9.68. The molecule has 2 heterocycles. The van der Waals surface area contributed by atoms with Crippen LogP contribution >= 0.6 is 27.3 Å². The van der Waals surface area contributed by atoms with Crippen LogP contribution in [0.5, 0.6) is 0 Å². The Morgan fingerprint density at radius 1 is 1.23 bits per heavy atom. The number of benzene rings is 2. The zero-order valence-corrected chi connectivity index (χ0v) is 19.4. The Bertz CT molecular complexity index is 1140. The maximum Gasteiger partial charge on any atom is 0.229 e. The highest BCUT2D eigenvalue weighted by atomic mass is 79.9. The van der Waals surface area contributed by atoms with Crippen molar-refractivity contribution in [1.82, 2.24) is 4.98 Å². The minimum Gasteiger partial charge on any atom is -0.376 e. The summed E-state index contributed by atoms with van der Waals surface area (Å²) >= 11 is 4.88. The summed E-state index contributed by atoms with van der Waals surface area (Å²) in [7, 11) is -3.53. The van der Waals surface area contributed by atoms with E-state index in [1.807, 2.05) is 18.2 Å². The maximum atomic E-state index is 13.1. The van der Waals surface area contributed by atoms with E-state index < -0.39 is 9.84 Å². The molecule has 0 spiro atoms. The molecule has 30 heavy (non-hydrogen) atoms. The molecule has 2 aromatic carbocycles. The average molecular weight is 509 g/mol. The van der Waals surface area contributed by atoms with Gasteiger partial charge in [-0.3, -0.25) is 9.69 Å². The first-order valence-corrected chi connectivity index (χ1v) is 12.9. The van der Waals surface area contributed by atoms with Crippen LogP contribution in [0.3, 0.4) is 0 Å². The van der Waals surface area contributed by atoms with E-state index in [1.165, 1.54) is 11.3 Å². The van der Waals surface area contributed by atoms with Gasteiger partial charge in [0.2, 0.25) is 5.91 Å². The number of amides is 1. The van der Waals surface area contributed by atoms with Gasteiger partial charge in [-0.25, -0.2) is 13.4 Å². The van der Waals surface area contributed by atoms with Gasteiger partial charge in [0, 0.05) is 17.5 Å². The predicted molar refractivity (Wildman–Crippen MR) is 122 cm³/mol. The third-order valence-electron chi connectivity index (χ3n) is 4.97. The van der Waals surface area contributed by atoms with Crippen LogP contribution in [0.1, 0.15) is 19.3 Å². The third kappa shape index (κ3) is 4.91. The topological polar surface area (TPSA) is 76.6 Å². The van der Waals surface area contributed by atoms with Crippen LogP contribution in [-0.4, -0.2) is 44.3 Å². The number of aromatic nitrogens is 1. The second-order valence-electron chi connectivity index (χ2n) is 7.13.